The van der Waals surface area contributed by atoms with E-state index in [4.69, 9.17) is 26.2 Å². The quantitative estimate of drug-likeness (QED) is 0.607. The Bertz CT molecular complexity index is 1010. The van der Waals surface area contributed by atoms with Gasteiger partial charge in [0, 0.05) is 6.54 Å². The molecule has 1 aliphatic rings. The van der Waals surface area contributed by atoms with Crippen LogP contribution in [0.3, 0.4) is 0 Å². The minimum absolute atomic E-state index is 0.0824. The SMILES string of the molecule is CCCN=C1O/C(=C\c2ccc(OC[C@@H](O)CO)c(Cl)c2)C(=O)N1c1ccccc1C. The maximum atomic E-state index is 13.1. The molecule has 1 amide bonds. The lowest BCUT2D eigenvalue weighted by Crippen LogP contribution is -2.30. The summed E-state index contributed by atoms with van der Waals surface area (Å²) in [5, 5.41) is 18.6. The summed E-state index contributed by atoms with van der Waals surface area (Å²) < 4.78 is 11.2. The van der Waals surface area contributed by atoms with Crippen molar-refractivity contribution in [1.82, 2.24) is 0 Å². The van der Waals surface area contributed by atoms with Gasteiger partial charge in [-0.3, -0.25) is 4.79 Å². The summed E-state index contributed by atoms with van der Waals surface area (Å²) in [6, 6.07) is 12.8. The highest BCUT2D eigenvalue weighted by Gasteiger charge is 2.36. The molecule has 31 heavy (non-hydrogen) atoms. The van der Waals surface area contributed by atoms with Gasteiger partial charge in [0.25, 0.3) is 0 Å². The van der Waals surface area contributed by atoms with E-state index in [9.17, 15) is 9.90 Å². The van der Waals surface area contributed by atoms with Gasteiger partial charge >= 0.3 is 11.9 Å². The second-order valence-corrected chi connectivity index (χ2v) is 7.45. The van der Waals surface area contributed by atoms with Gasteiger partial charge in [-0.05, 0) is 48.7 Å². The molecule has 0 aliphatic carbocycles. The first-order valence-electron chi connectivity index (χ1n) is 10.00. The number of nitrogens with zero attached hydrogens (tertiary/aromatic N) is 2. The molecule has 0 spiro atoms. The monoisotopic (exact) mass is 444 g/mol. The molecule has 0 saturated carbocycles. The van der Waals surface area contributed by atoms with E-state index in [2.05, 4.69) is 4.99 Å². The van der Waals surface area contributed by atoms with Crippen LogP contribution in [-0.4, -0.2) is 48.0 Å². The molecule has 2 aromatic rings. The van der Waals surface area contributed by atoms with Crippen LogP contribution in [0.5, 0.6) is 5.75 Å². The van der Waals surface area contributed by atoms with Crippen LogP contribution in [0.25, 0.3) is 6.08 Å². The van der Waals surface area contributed by atoms with Crippen molar-refractivity contribution in [3.05, 3.63) is 64.4 Å². The van der Waals surface area contributed by atoms with Crippen molar-refractivity contribution < 1.29 is 24.5 Å². The van der Waals surface area contributed by atoms with Crippen LogP contribution in [0.1, 0.15) is 24.5 Å². The summed E-state index contributed by atoms with van der Waals surface area (Å²) >= 11 is 6.26. The number of aryl methyl sites for hydroxylation is 1. The Labute approximate surface area is 186 Å². The maximum Gasteiger partial charge on any atom is 0.305 e. The van der Waals surface area contributed by atoms with Crippen LogP contribution in [0.15, 0.2) is 53.2 Å². The van der Waals surface area contributed by atoms with Gasteiger partial charge < -0.3 is 19.7 Å². The van der Waals surface area contributed by atoms with Crippen molar-refractivity contribution in [1.29, 1.82) is 0 Å². The van der Waals surface area contributed by atoms with Crippen LogP contribution >= 0.6 is 11.6 Å². The largest absolute Gasteiger partial charge is 0.489 e. The zero-order valence-corrected chi connectivity index (χ0v) is 18.2. The van der Waals surface area contributed by atoms with E-state index in [1.54, 1.807) is 24.3 Å². The number of amidine groups is 1. The third kappa shape index (κ3) is 5.44. The predicted octanol–water partition coefficient (Wildman–Crippen LogP) is 3.55. The molecular formula is C23H25ClN2O5. The smallest absolute Gasteiger partial charge is 0.305 e. The summed E-state index contributed by atoms with van der Waals surface area (Å²) in [6.45, 7) is 3.98. The first-order chi connectivity index (χ1) is 14.9. The van der Waals surface area contributed by atoms with Gasteiger partial charge in [-0.15, -0.1) is 0 Å². The van der Waals surface area contributed by atoms with Crippen molar-refractivity contribution >= 4 is 35.3 Å². The van der Waals surface area contributed by atoms with Crippen LogP contribution in [-0.2, 0) is 9.53 Å². The molecule has 2 aromatic carbocycles. The standard InChI is InChI=1S/C23H25ClN2O5/c1-3-10-25-23-26(19-7-5-4-6-15(19)2)22(29)21(31-23)12-16-8-9-20(18(24)11-16)30-14-17(28)13-27/h4-9,11-12,17,27-28H,3,10,13-14H2,1-2H3/b21-12-,25-23?/t17-/m0/s1. The number of carbonyl (C=O) groups excluding carboxylic acids is 1. The van der Waals surface area contributed by atoms with Gasteiger partial charge in [0.05, 0.1) is 17.3 Å². The van der Waals surface area contributed by atoms with Crippen LogP contribution < -0.4 is 9.64 Å². The summed E-state index contributed by atoms with van der Waals surface area (Å²) in [4.78, 5) is 19.1. The van der Waals surface area contributed by atoms with Gasteiger partial charge in [0.1, 0.15) is 18.5 Å². The minimum Gasteiger partial charge on any atom is -0.489 e. The number of carbonyl (C=O) groups is 1. The summed E-state index contributed by atoms with van der Waals surface area (Å²) in [5.74, 6) is 0.187. The van der Waals surface area contributed by atoms with E-state index in [1.165, 1.54) is 4.90 Å². The third-order valence-electron chi connectivity index (χ3n) is 4.53. The highest BCUT2D eigenvalue weighted by molar-refractivity contribution is 6.32. The van der Waals surface area contributed by atoms with Crippen molar-refractivity contribution in [2.75, 3.05) is 24.7 Å². The van der Waals surface area contributed by atoms with E-state index in [0.717, 1.165) is 17.7 Å². The average Bonchev–Trinajstić information content (AvgIpc) is 3.06. The summed E-state index contributed by atoms with van der Waals surface area (Å²) in [7, 11) is 0. The number of anilines is 1. The number of aliphatic hydroxyl groups excluding tert-OH is 2. The van der Waals surface area contributed by atoms with Gasteiger partial charge in [-0.25, -0.2) is 9.89 Å². The lowest BCUT2D eigenvalue weighted by molar-refractivity contribution is -0.114. The van der Waals surface area contributed by atoms with Gasteiger partial charge in [-0.2, -0.15) is 0 Å². The first-order valence-corrected chi connectivity index (χ1v) is 10.4. The lowest BCUT2D eigenvalue weighted by Gasteiger charge is -2.15. The molecule has 1 fully saturated rings. The maximum absolute atomic E-state index is 13.1. The molecule has 1 aliphatic heterocycles. The Kier molecular flexibility index (Phi) is 7.68. The molecule has 0 bridgehead atoms. The van der Waals surface area contributed by atoms with Crippen molar-refractivity contribution in [2.24, 2.45) is 4.99 Å². The Morgan fingerprint density at radius 2 is 2.06 bits per heavy atom. The molecule has 7 nitrogen and oxygen atoms in total. The fraction of sp³-hybridized carbons (Fsp3) is 0.304. The molecule has 164 valence electrons. The number of hydrogen-bond acceptors (Lipinski definition) is 6. The molecule has 0 aromatic heterocycles. The Balaban J connectivity index is 1.88. The average molecular weight is 445 g/mol. The molecule has 2 N–H and O–H groups in total. The van der Waals surface area contributed by atoms with E-state index < -0.39 is 12.7 Å². The van der Waals surface area contributed by atoms with Crippen LogP contribution in [0.2, 0.25) is 5.02 Å². The fourth-order valence-electron chi connectivity index (χ4n) is 2.93. The molecule has 1 heterocycles. The summed E-state index contributed by atoms with van der Waals surface area (Å²) in [5.41, 5.74) is 2.29. The van der Waals surface area contributed by atoms with E-state index in [-0.39, 0.29) is 24.3 Å². The minimum atomic E-state index is -0.990. The van der Waals surface area contributed by atoms with E-state index in [1.807, 2.05) is 38.1 Å². The Morgan fingerprint density at radius 3 is 2.74 bits per heavy atom. The summed E-state index contributed by atoms with van der Waals surface area (Å²) in [6.07, 6.45) is 1.43. The number of benzene rings is 2. The second-order valence-electron chi connectivity index (χ2n) is 7.04. The molecule has 8 heteroatoms. The third-order valence-corrected chi connectivity index (χ3v) is 4.82. The number of aliphatic hydroxyl groups is 2. The molecule has 0 unspecified atom stereocenters. The number of hydrogen-bond donors (Lipinski definition) is 2. The first kappa shape index (κ1) is 22.8. The highest BCUT2D eigenvalue weighted by Crippen LogP contribution is 2.31. The van der Waals surface area contributed by atoms with Gasteiger partial charge in [0.2, 0.25) is 0 Å². The predicted molar refractivity (Wildman–Crippen MR) is 120 cm³/mol. The second kappa shape index (κ2) is 10.4. The van der Waals surface area contributed by atoms with Crippen LogP contribution in [0, 0.1) is 6.92 Å². The van der Waals surface area contributed by atoms with E-state index >= 15 is 0 Å². The molecule has 1 atom stereocenters. The lowest BCUT2D eigenvalue weighted by atomic mass is 10.1. The fourth-order valence-corrected chi connectivity index (χ4v) is 3.17. The van der Waals surface area contributed by atoms with E-state index in [0.29, 0.717) is 22.9 Å². The van der Waals surface area contributed by atoms with Gasteiger partial charge in [0.15, 0.2) is 5.76 Å². The molecular weight excluding hydrogens is 420 g/mol. The number of amides is 1. The number of para-hydroxylation sites is 1. The van der Waals surface area contributed by atoms with Crippen LogP contribution in [0.4, 0.5) is 5.69 Å². The van der Waals surface area contributed by atoms with Crippen molar-refractivity contribution in [2.45, 2.75) is 26.4 Å². The zero-order valence-electron chi connectivity index (χ0n) is 17.4. The topological polar surface area (TPSA) is 91.6 Å². The Hall–Kier alpha value is -2.87. The normalized spacial score (nSPS) is 17.3. The zero-order chi connectivity index (χ0) is 22.4. The molecule has 0 radical (unpaired) electrons. The highest BCUT2D eigenvalue weighted by atomic mass is 35.5. The molecule has 3 rings (SSSR count). The Morgan fingerprint density at radius 1 is 1.29 bits per heavy atom. The number of aliphatic imine (C=N–C) groups is 1. The molecule has 1 saturated heterocycles. The van der Waals surface area contributed by atoms with Crippen molar-refractivity contribution in [3.63, 3.8) is 0 Å². The number of halogens is 1. The number of ether oxygens (including phenoxy) is 2. The number of rotatable bonds is 8. The van der Waals surface area contributed by atoms with Gasteiger partial charge in [-0.1, -0.05) is 42.8 Å². The van der Waals surface area contributed by atoms with Crippen molar-refractivity contribution in [3.8, 4) is 5.75 Å².